The lowest BCUT2D eigenvalue weighted by Gasteiger charge is -2.33. The highest BCUT2D eigenvalue weighted by Gasteiger charge is 2.21. The minimum atomic E-state index is 0.340. The zero-order valence-electron chi connectivity index (χ0n) is 14.1. The minimum Gasteiger partial charge on any atom is -0.439 e. The molecule has 24 heavy (non-hydrogen) atoms. The van der Waals surface area contributed by atoms with Crippen molar-refractivity contribution in [2.45, 2.75) is 26.4 Å². The molecule has 4 rings (SSSR count). The van der Waals surface area contributed by atoms with Crippen LogP contribution in [0.15, 0.2) is 34.9 Å². The van der Waals surface area contributed by atoms with Gasteiger partial charge in [0.1, 0.15) is 5.52 Å². The Bertz CT molecular complexity index is 782. The predicted molar refractivity (Wildman–Crippen MR) is 91.9 cm³/mol. The molecule has 0 unspecified atom stereocenters. The largest absolute Gasteiger partial charge is 0.439 e. The van der Waals surface area contributed by atoms with E-state index in [1.165, 1.54) is 0 Å². The fourth-order valence-electron chi connectivity index (χ4n) is 2.98. The number of nitrogens with zero attached hydrogens (tertiary/aromatic N) is 6. The van der Waals surface area contributed by atoms with Gasteiger partial charge in [-0.15, -0.1) is 5.10 Å². The van der Waals surface area contributed by atoms with Crippen LogP contribution in [0.2, 0.25) is 0 Å². The van der Waals surface area contributed by atoms with E-state index >= 15 is 0 Å². The molecule has 3 heterocycles. The molecule has 3 aromatic rings. The van der Waals surface area contributed by atoms with Gasteiger partial charge in [0.25, 0.3) is 0 Å². The summed E-state index contributed by atoms with van der Waals surface area (Å²) in [6, 6.07) is 8.24. The zero-order valence-corrected chi connectivity index (χ0v) is 14.1. The van der Waals surface area contributed by atoms with Gasteiger partial charge in [0.2, 0.25) is 5.89 Å². The van der Waals surface area contributed by atoms with E-state index in [9.17, 15) is 0 Å². The summed E-state index contributed by atoms with van der Waals surface area (Å²) >= 11 is 0. The molecular formula is C17H22N6O. The van der Waals surface area contributed by atoms with Crippen molar-refractivity contribution in [2.75, 3.05) is 31.1 Å². The first kappa shape index (κ1) is 15.1. The third-order valence-corrected chi connectivity index (χ3v) is 4.42. The Balaban J connectivity index is 1.37. The first-order valence-electron chi connectivity index (χ1n) is 8.42. The van der Waals surface area contributed by atoms with Gasteiger partial charge in [-0.1, -0.05) is 17.3 Å². The first-order valence-corrected chi connectivity index (χ1v) is 8.42. The molecule has 0 saturated carbocycles. The molecule has 0 atom stereocenters. The molecule has 0 aliphatic carbocycles. The maximum absolute atomic E-state index is 5.82. The summed E-state index contributed by atoms with van der Waals surface area (Å²) in [5.41, 5.74) is 1.79. The zero-order chi connectivity index (χ0) is 16.5. The van der Waals surface area contributed by atoms with Crippen LogP contribution in [0.3, 0.4) is 0 Å². The van der Waals surface area contributed by atoms with Crippen LogP contribution in [0.25, 0.3) is 11.1 Å². The summed E-state index contributed by atoms with van der Waals surface area (Å²) in [6.45, 7) is 8.78. The second kappa shape index (κ2) is 6.24. The molecule has 2 aromatic heterocycles. The molecule has 7 heteroatoms. The van der Waals surface area contributed by atoms with E-state index < -0.39 is 0 Å². The van der Waals surface area contributed by atoms with Gasteiger partial charge in [0, 0.05) is 32.2 Å². The molecule has 0 radical (unpaired) electrons. The SMILES string of the molecule is CC(C)n1cc(N2CCN(Cc3nc4ccccc4o3)CC2)nn1. The first-order chi connectivity index (χ1) is 11.7. The number of piperazine rings is 1. The van der Waals surface area contributed by atoms with Crippen LogP contribution >= 0.6 is 0 Å². The number of hydrogen-bond acceptors (Lipinski definition) is 6. The quantitative estimate of drug-likeness (QED) is 0.733. The van der Waals surface area contributed by atoms with Gasteiger partial charge in [-0.05, 0) is 26.0 Å². The maximum Gasteiger partial charge on any atom is 0.209 e. The summed E-state index contributed by atoms with van der Waals surface area (Å²) in [5, 5.41) is 8.48. The Kier molecular flexibility index (Phi) is 3.93. The number of aromatic nitrogens is 4. The number of para-hydroxylation sites is 2. The molecule has 0 bridgehead atoms. The average Bonchev–Trinajstić information content (AvgIpc) is 3.22. The molecule has 1 aliphatic rings. The number of fused-ring (bicyclic) bond motifs is 1. The van der Waals surface area contributed by atoms with Crippen molar-refractivity contribution < 1.29 is 4.42 Å². The number of anilines is 1. The highest BCUT2D eigenvalue weighted by molar-refractivity contribution is 5.72. The number of benzene rings is 1. The predicted octanol–water partition coefficient (Wildman–Crippen LogP) is 2.32. The van der Waals surface area contributed by atoms with Crippen LogP contribution in [0.5, 0.6) is 0 Å². The lowest BCUT2D eigenvalue weighted by molar-refractivity contribution is 0.228. The van der Waals surface area contributed by atoms with Crippen molar-refractivity contribution in [1.82, 2.24) is 24.9 Å². The third-order valence-electron chi connectivity index (χ3n) is 4.42. The van der Waals surface area contributed by atoms with Crippen molar-refractivity contribution in [2.24, 2.45) is 0 Å². The Labute approximate surface area is 140 Å². The van der Waals surface area contributed by atoms with Crippen LogP contribution < -0.4 is 4.90 Å². The summed E-state index contributed by atoms with van der Waals surface area (Å²) in [7, 11) is 0. The minimum absolute atomic E-state index is 0.340. The number of hydrogen-bond donors (Lipinski definition) is 0. The second-order valence-corrected chi connectivity index (χ2v) is 6.49. The molecule has 1 aliphatic heterocycles. The summed E-state index contributed by atoms with van der Waals surface area (Å²) in [4.78, 5) is 9.21. The normalized spacial score (nSPS) is 16.4. The van der Waals surface area contributed by atoms with Crippen LogP contribution in [0.4, 0.5) is 5.82 Å². The smallest absolute Gasteiger partial charge is 0.209 e. The Morgan fingerprint density at radius 3 is 2.62 bits per heavy atom. The fraction of sp³-hybridized carbons (Fsp3) is 0.471. The maximum atomic E-state index is 5.82. The second-order valence-electron chi connectivity index (χ2n) is 6.49. The van der Waals surface area contributed by atoms with E-state index in [4.69, 9.17) is 4.42 Å². The lowest BCUT2D eigenvalue weighted by Crippen LogP contribution is -2.46. The van der Waals surface area contributed by atoms with Gasteiger partial charge in [-0.2, -0.15) is 0 Å². The van der Waals surface area contributed by atoms with E-state index in [-0.39, 0.29) is 0 Å². The molecule has 1 aromatic carbocycles. The molecule has 1 fully saturated rings. The molecular weight excluding hydrogens is 304 g/mol. The van der Waals surface area contributed by atoms with E-state index in [0.717, 1.165) is 55.5 Å². The van der Waals surface area contributed by atoms with E-state index in [1.54, 1.807) is 0 Å². The highest BCUT2D eigenvalue weighted by Crippen LogP contribution is 2.18. The van der Waals surface area contributed by atoms with Crippen molar-refractivity contribution in [3.05, 3.63) is 36.4 Å². The summed E-state index contributed by atoms with van der Waals surface area (Å²) in [5.74, 6) is 1.75. The van der Waals surface area contributed by atoms with Crippen molar-refractivity contribution >= 4 is 16.9 Å². The van der Waals surface area contributed by atoms with Crippen LogP contribution in [-0.2, 0) is 6.54 Å². The Morgan fingerprint density at radius 2 is 1.92 bits per heavy atom. The van der Waals surface area contributed by atoms with Crippen LogP contribution in [-0.4, -0.2) is 51.1 Å². The van der Waals surface area contributed by atoms with Gasteiger partial charge in [0.15, 0.2) is 11.4 Å². The number of rotatable bonds is 4. The van der Waals surface area contributed by atoms with Gasteiger partial charge in [0.05, 0.1) is 12.7 Å². The van der Waals surface area contributed by atoms with Gasteiger partial charge in [-0.3, -0.25) is 4.90 Å². The van der Waals surface area contributed by atoms with Gasteiger partial charge in [-0.25, -0.2) is 9.67 Å². The molecule has 0 amide bonds. The van der Waals surface area contributed by atoms with Gasteiger partial charge < -0.3 is 9.32 Å². The molecule has 7 nitrogen and oxygen atoms in total. The lowest BCUT2D eigenvalue weighted by atomic mass is 10.3. The van der Waals surface area contributed by atoms with Crippen LogP contribution in [0.1, 0.15) is 25.8 Å². The highest BCUT2D eigenvalue weighted by atomic mass is 16.3. The summed E-state index contributed by atoms with van der Waals surface area (Å²) in [6.07, 6.45) is 2.03. The monoisotopic (exact) mass is 326 g/mol. The standard InChI is InChI=1S/C17H22N6O/c1-13(2)23-11-16(19-20-23)22-9-7-21(8-10-22)12-17-18-14-5-3-4-6-15(14)24-17/h3-6,11,13H,7-10,12H2,1-2H3. The molecule has 0 spiro atoms. The Hall–Kier alpha value is -2.41. The average molecular weight is 326 g/mol. The molecule has 1 saturated heterocycles. The topological polar surface area (TPSA) is 63.2 Å². The van der Waals surface area contributed by atoms with Crippen LogP contribution in [0, 0.1) is 0 Å². The number of oxazole rings is 1. The third kappa shape index (κ3) is 2.99. The van der Waals surface area contributed by atoms with E-state index in [2.05, 4.69) is 38.9 Å². The van der Waals surface area contributed by atoms with Crippen molar-refractivity contribution in [3.8, 4) is 0 Å². The van der Waals surface area contributed by atoms with Crippen molar-refractivity contribution in [3.63, 3.8) is 0 Å². The van der Waals surface area contributed by atoms with Crippen molar-refractivity contribution in [1.29, 1.82) is 0 Å². The van der Waals surface area contributed by atoms with E-state index in [0.29, 0.717) is 6.04 Å². The molecule has 126 valence electrons. The Morgan fingerprint density at radius 1 is 1.12 bits per heavy atom. The molecule has 0 N–H and O–H groups in total. The van der Waals surface area contributed by atoms with E-state index in [1.807, 2.05) is 35.1 Å². The van der Waals surface area contributed by atoms with Gasteiger partial charge >= 0.3 is 0 Å². The fourth-order valence-corrected chi connectivity index (χ4v) is 2.98. The summed E-state index contributed by atoms with van der Waals surface area (Å²) < 4.78 is 7.72.